The van der Waals surface area contributed by atoms with Gasteiger partial charge in [0.1, 0.15) is 19.8 Å². The van der Waals surface area contributed by atoms with Crippen molar-refractivity contribution >= 4 is 19.8 Å². The van der Waals surface area contributed by atoms with Crippen molar-refractivity contribution in [2.75, 3.05) is 47.5 Å². The molecule has 0 spiro atoms. The first-order valence-electron chi connectivity index (χ1n) is 36.3. The van der Waals surface area contributed by atoms with Gasteiger partial charge in [-0.15, -0.1) is 0 Å². The highest BCUT2D eigenvalue weighted by atomic mass is 31.2. The number of likely N-dealkylation sites (N-methyl/N-ethyl adjacent to an activating group) is 1. The predicted octanol–water partition coefficient (Wildman–Crippen LogP) is 23.7. The number of nitrogens with zero attached hydrogens (tertiary/aromatic N) is 1. The second kappa shape index (κ2) is 66.6. The summed E-state index contributed by atoms with van der Waals surface area (Å²) in [5, 5.41) is 0. The quantitative estimate of drug-likeness (QED) is 0.0211. The van der Waals surface area contributed by atoms with Crippen molar-refractivity contribution in [2.24, 2.45) is 0 Å². The molecule has 0 bridgehead atoms. The number of carbonyl (C=O) groups excluding carboxylic acids is 2. The molecule has 0 heterocycles. The number of carbonyl (C=O) groups is 2. The lowest BCUT2D eigenvalue weighted by Crippen LogP contribution is -2.37. The number of phosphoric ester groups is 1. The van der Waals surface area contributed by atoms with Gasteiger partial charge < -0.3 is 18.9 Å². The molecule has 9 nitrogen and oxygen atoms in total. The Morgan fingerprint density at radius 2 is 0.663 bits per heavy atom. The van der Waals surface area contributed by atoms with Crippen LogP contribution in [0.15, 0.2) is 85.1 Å². The van der Waals surface area contributed by atoms with E-state index in [2.05, 4.69) is 98.9 Å². The predicted molar refractivity (Wildman–Crippen MR) is 372 cm³/mol. The van der Waals surface area contributed by atoms with E-state index < -0.39 is 26.5 Å². The van der Waals surface area contributed by atoms with Crippen molar-refractivity contribution < 1.29 is 42.1 Å². The topological polar surface area (TPSA) is 108 Å². The largest absolute Gasteiger partial charge is 0.472 e. The molecule has 0 rings (SSSR count). The number of rotatable bonds is 67. The maximum atomic E-state index is 12.9. The Hall–Kier alpha value is -2.81. The Labute approximate surface area is 532 Å². The van der Waals surface area contributed by atoms with Crippen LogP contribution in [-0.2, 0) is 32.7 Å². The average Bonchev–Trinajstić information content (AvgIpc) is 3.67. The zero-order valence-electron chi connectivity index (χ0n) is 57.0. The fourth-order valence-electron chi connectivity index (χ4n) is 10.4. The van der Waals surface area contributed by atoms with Gasteiger partial charge in [-0.1, -0.05) is 317 Å². The van der Waals surface area contributed by atoms with E-state index in [0.29, 0.717) is 17.4 Å². The van der Waals surface area contributed by atoms with E-state index in [4.69, 9.17) is 18.5 Å². The van der Waals surface area contributed by atoms with Crippen LogP contribution in [-0.4, -0.2) is 74.9 Å². The first-order valence-corrected chi connectivity index (χ1v) is 37.8. The van der Waals surface area contributed by atoms with Crippen LogP contribution in [0.4, 0.5) is 0 Å². The van der Waals surface area contributed by atoms with Crippen molar-refractivity contribution in [1.29, 1.82) is 0 Å². The van der Waals surface area contributed by atoms with Crippen molar-refractivity contribution in [1.82, 2.24) is 0 Å². The van der Waals surface area contributed by atoms with Crippen LogP contribution in [0.5, 0.6) is 0 Å². The Morgan fingerprint density at radius 1 is 0.372 bits per heavy atom. The number of hydrogen-bond donors (Lipinski definition) is 1. The van der Waals surface area contributed by atoms with Gasteiger partial charge in [0.2, 0.25) is 0 Å². The Kier molecular flexibility index (Phi) is 64.4. The molecule has 0 amide bonds. The van der Waals surface area contributed by atoms with E-state index in [1.165, 1.54) is 225 Å². The third-order valence-corrected chi connectivity index (χ3v) is 16.9. The van der Waals surface area contributed by atoms with Gasteiger partial charge in [-0.3, -0.25) is 18.6 Å². The second-order valence-corrected chi connectivity index (χ2v) is 27.0. The van der Waals surface area contributed by atoms with E-state index in [-0.39, 0.29) is 32.0 Å². The second-order valence-electron chi connectivity index (χ2n) is 25.6. The molecule has 0 aliphatic carbocycles. The highest BCUT2D eigenvalue weighted by Gasteiger charge is 2.27. The summed E-state index contributed by atoms with van der Waals surface area (Å²) in [5.74, 6) is -0.786. The van der Waals surface area contributed by atoms with Crippen LogP contribution in [0.3, 0.4) is 0 Å². The summed E-state index contributed by atoms with van der Waals surface area (Å²) < 4.78 is 34.8. The number of phosphoric acid groups is 1. The van der Waals surface area contributed by atoms with E-state index in [0.717, 1.165) is 77.0 Å². The molecular formula is C76H139NO8P+. The SMILES string of the molecule is CC/C=C\C/C=C\C/C=C\C/C=C\C/C=C\CCCCCCCCCCCCCCCC(=O)OC(COC(=O)CCCCCCCCCCCCCCCCCCCCCCC/C=C\C/C=C\CCCCCCC)COP(=O)(O)OCC[N+](C)(C)C. The lowest BCUT2D eigenvalue weighted by atomic mass is 10.0. The van der Waals surface area contributed by atoms with Crippen molar-refractivity contribution in [3.63, 3.8) is 0 Å². The Morgan fingerprint density at radius 3 is 0.988 bits per heavy atom. The molecule has 1 N–H and O–H groups in total. The molecule has 0 radical (unpaired) electrons. The van der Waals surface area contributed by atoms with Gasteiger partial charge in [0.25, 0.3) is 0 Å². The number of esters is 2. The maximum absolute atomic E-state index is 12.9. The minimum Gasteiger partial charge on any atom is -0.462 e. The van der Waals surface area contributed by atoms with Crippen molar-refractivity contribution in [2.45, 2.75) is 341 Å². The third kappa shape index (κ3) is 70.3. The van der Waals surface area contributed by atoms with Crippen LogP contribution >= 0.6 is 7.82 Å². The van der Waals surface area contributed by atoms with Gasteiger partial charge in [0.15, 0.2) is 6.10 Å². The molecule has 2 atom stereocenters. The van der Waals surface area contributed by atoms with Crippen LogP contribution in [0.1, 0.15) is 335 Å². The fourth-order valence-corrected chi connectivity index (χ4v) is 11.1. The minimum absolute atomic E-state index is 0.0305. The normalized spacial score (nSPS) is 13.6. The first-order chi connectivity index (χ1) is 42.0. The summed E-state index contributed by atoms with van der Waals surface area (Å²) in [6.07, 6.45) is 91.2. The van der Waals surface area contributed by atoms with E-state index in [9.17, 15) is 19.0 Å². The molecule has 500 valence electrons. The van der Waals surface area contributed by atoms with Gasteiger partial charge in [-0.25, -0.2) is 4.57 Å². The molecule has 0 aromatic heterocycles. The lowest BCUT2D eigenvalue weighted by molar-refractivity contribution is -0.870. The highest BCUT2D eigenvalue weighted by Crippen LogP contribution is 2.43. The number of hydrogen-bond acceptors (Lipinski definition) is 7. The summed E-state index contributed by atoms with van der Waals surface area (Å²) in [6.45, 7) is 4.35. The highest BCUT2D eigenvalue weighted by molar-refractivity contribution is 7.47. The van der Waals surface area contributed by atoms with Crippen LogP contribution < -0.4 is 0 Å². The molecule has 0 aromatic rings. The van der Waals surface area contributed by atoms with Crippen molar-refractivity contribution in [3.05, 3.63) is 85.1 Å². The van der Waals surface area contributed by atoms with Gasteiger partial charge in [-0.05, 0) is 89.9 Å². The van der Waals surface area contributed by atoms with E-state index in [1.54, 1.807) is 0 Å². The maximum Gasteiger partial charge on any atom is 0.472 e. The number of ether oxygens (including phenoxy) is 2. The van der Waals surface area contributed by atoms with Gasteiger partial charge in [0, 0.05) is 12.8 Å². The molecule has 86 heavy (non-hydrogen) atoms. The number of unbranched alkanes of at least 4 members (excludes halogenated alkanes) is 39. The van der Waals surface area contributed by atoms with Gasteiger partial charge in [-0.2, -0.15) is 0 Å². The minimum atomic E-state index is -4.40. The summed E-state index contributed by atoms with van der Waals surface area (Å²) in [5.41, 5.74) is 0. The fraction of sp³-hybridized carbons (Fsp3) is 0.789. The molecule has 0 saturated heterocycles. The summed E-state index contributed by atoms with van der Waals surface area (Å²) in [4.78, 5) is 35.9. The lowest BCUT2D eigenvalue weighted by Gasteiger charge is -2.24. The molecule has 0 saturated carbocycles. The van der Waals surface area contributed by atoms with Crippen LogP contribution in [0.25, 0.3) is 0 Å². The molecule has 0 aliphatic rings. The average molecular weight is 1230 g/mol. The van der Waals surface area contributed by atoms with E-state index in [1.807, 2.05) is 21.1 Å². The standard InChI is InChI=1S/C76H138NO8P/c1-6-8-10-12-14-16-18-20-22-24-26-28-30-32-34-36-37-38-39-41-42-44-46-48-50-52-54-56-58-60-62-64-66-68-75(78)82-72-74(73-84-86(80,81)83-71-70-77(3,4)5)85-76(79)69-67-65-63-61-59-57-55-53-51-49-47-45-43-40-35-33-31-29-27-25-23-21-19-17-15-13-11-9-7-2/h9,11,15,17-18,20-21,23-24,26-27,29,33,35,74H,6-8,10,12-14,16,19,22,25,28,30-32,34,36-73H2,1-5H3/p+1/b11-9-,17-15-,20-18-,23-21-,26-24-,29-27-,35-33-. The summed E-state index contributed by atoms with van der Waals surface area (Å²) in [7, 11) is 1.48. The van der Waals surface area contributed by atoms with Crippen LogP contribution in [0, 0.1) is 0 Å². The smallest absolute Gasteiger partial charge is 0.462 e. The van der Waals surface area contributed by atoms with Crippen LogP contribution in [0.2, 0.25) is 0 Å². The first kappa shape index (κ1) is 83.2. The molecule has 0 fully saturated rings. The molecule has 0 aliphatic heterocycles. The molecular weight excluding hydrogens is 1090 g/mol. The van der Waals surface area contributed by atoms with Gasteiger partial charge in [0.05, 0.1) is 27.7 Å². The molecule has 0 aromatic carbocycles. The van der Waals surface area contributed by atoms with E-state index >= 15 is 0 Å². The monoisotopic (exact) mass is 1230 g/mol. The third-order valence-electron chi connectivity index (χ3n) is 15.9. The zero-order chi connectivity index (χ0) is 62.6. The zero-order valence-corrected chi connectivity index (χ0v) is 57.9. The number of quaternary nitrogens is 1. The molecule has 10 heteroatoms. The van der Waals surface area contributed by atoms with Gasteiger partial charge >= 0.3 is 19.8 Å². The Bertz CT molecular complexity index is 1730. The van der Waals surface area contributed by atoms with Crippen molar-refractivity contribution in [3.8, 4) is 0 Å². The summed E-state index contributed by atoms with van der Waals surface area (Å²) in [6, 6.07) is 0. The summed E-state index contributed by atoms with van der Waals surface area (Å²) >= 11 is 0. The Balaban J connectivity index is 4.00. The molecule has 2 unspecified atom stereocenters. The number of allylic oxidation sites excluding steroid dienone is 14.